The van der Waals surface area contributed by atoms with Crippen LogP contribution in [-0.4, -0.2) is 23.7 Å². The lowest BCUT2D eigenvalue weighted by Crippen LogP contribution is -2.19. The third-order valence-electron chi connectivity index (χ3n) is 4.30. The van der Waals surface area contributed by atoms with Gasteiger partial charge in [0.15, 0.2) is 0 Å². The molecule has 0 bridgehead atoms. The second-order valence-corrected chi connectivity index (χ2v) is 8.65. The Labute approximate surface area is 151 Å². The molecular formula is C21H32O4. The van der Waals surface area contributed by atoms with Crippen LogP contribution in [0.15, 0.2) is 18.2 Å². The van der Waals surface area contributed by atoms with E-state index in [-0.39, 0.29) is 35.6 Å². The lowest BCUT2D eigenvalue weighted by Gasteiger charge is -2.28. The zero-order chi connectivity index (χ0) is 19.4. The number of carbonyl (C=O) groups is 2. The Kier molecular flexibility index (Phi) is 6.81. The molecule has 1 rings (SSSR count). The molecule has 0 saturated heterocycles. The summed E-state index contributed by atoms with van der Waals surface area (Å²) in [6, 6.07) is 6.27. The highest BCUT2D eigenvalue weighted by molar-refractivity contribution is 5.73. The summed E-state index contributed by atoms with van der Waals surface area (Å²) in [6.07, 6.45) is -0.00663. The molecule has 1 aromatic rings. The number of ether oxygens (including phenoxy) is 1. The van der Waals surface area contributed by atoms with E-state index < -0.39 is 5.97 Å². The zero-order valence-electron chi connectivity index (χ0n) is 16.6. The second kappa shape index (κ2) is 8.03. The molecule has 0 aromatic heterocycles. The molecule has 0 aliphatic carbocycles. The summed E-state index contributed by atoms with van der Waals surface area (Å²) in [6.45, 7) is 14.9. The van der Waals surface area contributed by atoms with E-state index in [1.807, 2.05) is 12.1 Å². The van der Waals surface area contributed by atoms with Gasteiger partial charge in [0.05, 0.1) is 19.4 Å². The van der Waals surface area contributed by atoms with Gasteiger partial charge in [0.1, 0.15) is 0 Å². The van der Waals surface area contributed by atoms with E-state index in [2.05, 4.69) is 47.6 Å². The number of carboxylic acids is 1. The van der Waals surface area contributed by atoms with E-state index in [0.717, 1.165) is 16.7 Å². The maximum atomic E-state index is 12.0. The number of hydrogen-bond acceptors (Lipinski definition) is 3. The molecule has 1 unspecified atom stereocenters. The van der Waals surface area contributed by atoms with Gasteiger partial charge >= 0.3 is 11.9 Å². The maximum Gasteiger partial charge on any atom is 0.306 e. The molecule has 0 aliphatic heterocycles. The fourth-order valence-electron chi connectivity index (χ4n) is 2.69. The van der Waals surface area contributed by atoms with E-state index in [1.54, 1.807) is 6.92 Å². The van der Waals surface area contributed by atoms with E-state index in [0.29, 0.717) is 6.61 Å². The lowest BCUT2D eigenvalue weighted by molar-refractivity contribution is -0.144. The van der Waals surface area contributed by atoms with Gasteiger partial charge in [-0.1, -0.05) is 59.7 Å². The third-order valence-corrected chi connectivity index (χ3v) is 4.30. The molecule has 25 heavy (non-hydrogen) atoms. The van der Waals surface area contributed by atoms with Gasteiger partial charge in [0, 0.05) is 5.92 Å². The standard InChI is InChI=1S/C21H32O4/c1-8-25-19(24)12-15(11-18(22)23)14-9-16(20(2,3)4)13-17(10-14)21(5,6)7/h9-10,13,15H,8,11-12H2,1-7H3,(H,22,23). The molecule has 0 amide bonds. The summed E-state index contributed by atoms with van der Waals surface area (Å²) in [4.78, 5) is 23.3. The first-order valence-corrected chi connectivity index (χ1v) is 8.88. The summed E-state index contributed by atoms with van der Waals surface area (Å²) in [5, 5.41) is 9.29. The van der Waals surface area contributed by atoms with E-state index in [4.69, 9.17) is 4.74 Å². The molecule has 140 valence electrons. The van der Waals surface area contributed by atoms with Crippen LogP contribution in [0.25, 0.3) is 0 Å². The minimum atomic E-state index is -0.909. The topological polar surface area (TPSA) is 63.6 Å². The lowest BCUT2D eigenvalue weighted by atomic mass is 9.77. The van der Waals surface area contributed by atoms with Gasteiger partial charge in [-0.15, -0.1) is 0 Å². The van der Waals surface area contributed by atoms with Crippen molar-refractivity contribution in [1.82, 2.24) is 0 Å². The minimum absolute atomic E-state index is 0.0618. The normalized spacial score (nSPS) is 13.4. The Balaban J connectivity index is 3.40. The largest absolute Gasteiger partial charge is 0.481 e. The molecule has 0 saturated carbocycles. The van der Waals surface area contributed by atoms with Crippen LogP contribution in [-0.2, 0) is 25.2 Å². The highest BCUT2D eigenvalue weighted by atomic mass is 16.5. The number of carbonyl (C=O) groups excluding carboxylic acids is 1. The number of hydrogen-bond donors (Lipinski definition) is 1. The molecule has 0 aliphatic rings. The molecular weight excluding hydrogens is 316 g/mol. The van der Waals surface area contributed by atoms with Crippen molar-refractivity contribution in [3.05, 3.63) is 34.9 Å². The smallest absolute Gasteiger partial charge is 0.306 e. The van der Waals surface area contributed by atoms with Crippen molar-refractivity contribution in [1.29, 1.82) is 0 Å². The van der Waals surface area contributed by atoms with Crippen LogP contribution in [0, 0.1) is 0 Å². The van der Waals surface area contributed by atoms with Crippen molar-refractivity contribution in [3.8, 4) is 0 Å². The Morgan fingerprint density at radius 3 is 1.80 bits per heavy atom. The SMILES string of the molecule is CCOC(=O)CC(CC(=O)O)c1cc(C(C)(C)C)cc(C(C)(C)C)c1. The number of benzene rings is 1. The van der Waals surface area contributed by atoms with Gasteiger partial charge in [-0.05, 0) is 34.4 Å². The van der Waals surface area contributed by atoms with Crippen LogP contribution in [0.4, 0.5) is 0 Å². The molecule has 4 nitrogen and oxygen atoms in total. The average molecular weight is 348 g/mol. The highest BCUT2D eigenvalue weighted by Gasteiger charge is 2.25. The summed E-state index contributed by atoms with van der Waals surface area (Å²) in [5.74, 6) is -1.65. The van der Waals surface area contributed by atoms with Crippen molar-refractivity contribution in [3.63, 3.8) is 0 Å². The number of esters is 1. The van der Waals surface area contributed by atoms with E-state index in [1.165, 1.54) is 0 Å². The summed E-state index contributed by atoms with van der Waals surface area (Å²) in [7, 11) is 0. The number of rotatable bonds is 6. The zero-order valence-corrected chi connectivity index (χ0v) is 16.6. The van der Waals surface area contributed by atoms with Gasteiger partial charge < -0.3 is 9.84 Å². The van der Waals surface area contributed by atoms with E-state index >= 15 is 0 Å². The van der Waals surface area contributed by atoms with Crippen molar-refractivity contribution in [2.45, 2.75) is 78.1 Å². The van der Waals surface area contributed by atoms with Gasteiger partial charge in [-0.3, -0.25) is 9.59 Å². The fraction of sp³-hybridized carbons (Fsp3) is 0.619. The average Bonchev–Trinajstić information content (AvgIpc) is 2.44. The summed E-state index contributed by atoms with van der Waals surface area (Å²) >= 11 is 0. The molecule has 0 spiro atoms. The first-order valence-electron chi connectivity index (χ1n) is 8.88. The monoisotopic (exact) mass is 348 g/mol. The number of aliphatic carboxylic acids is 1. The third kappa shape index (κ3) is 6.52. The quantitative estimate of drug-likeness (QED) is 0.751. The summed E-state index contributed by atoms with van der Waals surface area (Å²) in [5.41, 5.74) is 3.07. The van der Waals surface area contributed by atoms with Crippen LogP contribution in [0.1, 0.15) is 83.9 Å². The van der Waals surface area contributed by atoms with Gasteiger partial charge in [-0.2, -0.15) is 0 Å². The van der Waals surface area contributed by atoms with Crippen LogP contribution < -0.4 is 0 Å². The molecule has 1 atom stereocenters. The molecule has 0 heterocycles. The Morgan fingerprint density at radius 2 is 1.44 bits per heavy atom. The van der Waals surface area contributed by atoms with Crippen LogP contribution >= 0.6 is 0 Å². The minimum Gasteiger partial charge on any atom is -0.481 e. The predicted octanol–water partition coefficient (Wildman–Crippen LogP) is 4.79. The van der Waals surface area contributed by atoms with Crippen molar-refractivity contribution >= 4 is 11.9 Å². The summed E-state index contributed by atoms with van der Waals surface area (Å²) < 4.78 is 5.04. The first kappa shape index (κ1) is 21.2. The predicted molar refractivity (Wildman–Crippen MR) is 100 cm³/mol. The van der Waals surface area contributed by atoms with Crippen molar-refractivity contribution < 1.29 is 19.4 Å². The van der Waals surface area contributed by atoms with Crippen molar-refractivity contribution in [2.24, 2.45) is 0 Å². The molecule has 1 aromatic carbocycles. The molecule has 1 N–H and O–H groups in total. The fourth-order valence-corrected chi connectivity index (χ4v) is 2.69. The van der Waals surface area contributed by atoms with Gasteiger partial charge in [-0.25, -0.2) is 0 Å². The van der Waals surface area contributed by atoms with Crippen LogP contribution in [0.3, 0.4) is 0 Å². The molecule has 4 heteroatoms. The van der Waals surface area contributed by atoms with Crippen LogP contribution in [0.5, 0.6) is 0 Å². The Hall–Kier alpha value is -1.84. The van der Waals surface area contributed by atoms with Gasteiger partial charge in [0.25, 0.3) is 0 Å². The van der Waals surface area contributed by atoms with Gasteiger partial charge in [0.2, 0.25) is 0 Å². The highest BCUT2D eigenvalue weighted by Crippen LogP contribution is 2.34. The first-order chi connectivity index (χ1) is 11.3. The number of carboxylic acid groups (broad SMARTS) is 1. The molecule has 0 radical (unpaired) electrons. The Bertz CT molecular complexity index is 586. The van der Waals surface area contributed by atoms with E-state index in [9.17, 15) is 14.7 Å². The second-order valence-electron chi connectivity index (χ2n) is 8.65. The Morgan fingerprint density at radius 1 is 0.960 bits per heavy atom. The van der Waals surface area contributed by atoms with Crippen molar-refractivity contribution in [2.75, 3.05) is 6.61 Å². The maximum absolute atomic E-state index is 12.0. The van der Waals surface area contributed by atoms with Crippen LogP contribution in [0.2, 0.25) is 0 Å². The molecule has 0 fully saturated rings.